The molecule has 2 aromatic heterocycles. The van der Waals surface area contributed by atoms with Crippen LogP contribution in [0.5, 0.6) is 0 Å². The van der Waals surface area contributed by atoms with E-state index in [1.165, 1.54) is 0 Å². The van der Waals surface area contributed by atoms with Crippen LogP contribution in [0.3, 0.4) is 0 Å². The van der Waals surface area contributed by atoms with E-state index < -0.39 is 0 Å². The number of hydrogen-bond donors (Lipinski definition) is 0. The monoisotopic (exact) mass is 1030 g/mol. The average Bonchev–Trinajstić information content (AvgIpc) is 4.18. The lowest BCUT2D eigenvalue weighted by molar-refractivity contribution is 1.17. The van der Waals surface area contributed by atoms with Crippen molar-refractivity contribution in [2.45, 2.75) is 6.92 Å². The van der Waals surface area contributed by atoms with E-state index in [9.17, 15) is 21.0 Å². The van der Waals surface area contributed by atoms with E-state index in [1.54, 1.807) is 18.2 Å². The highest BCUT2D eigenvalue weighted by atomic mass is 15.0. The fourth-order valence-electron chi connectivity index (χ4n) is 11.5. The topological polar surface area (TPSA) is 114 Å². The van der Waals surface area contributed by atoms with Crippen LogP contribution in [0.15, 0.2) is 224 Å². The number of aromatic nitrogens is 2. The molecule has 8 heteroatoms. The van der Waals surface area contributed by atoms with Crippen molar-refractivity contribution in [1.82, 2.24) is 9.13 Å². The van der Waals surface area contributed by atoms with E-state index in [0.29, 0.717) is 39.2 Å². The summed E-state index contributed by atoms with van der Waals surface area (Å²) in [6, 6.07) is 83.4. The van der Waals surface area contributed by atoms with Crippen LogP contribution in [0.2, 0.25) is 0 Å². The zero-order chi connectivity index (χ0) is 55.3. The van der Waals surface area contributed by atoms with E-state index in [1.807, 2.05) is 116 Å². The molecule has 0 aliphatic rings. The van der Waals surface area contributed by atoms with E-state index in [4.69, 9.17) is 13.1 Å². The first-order chi connectivity index (χ1) is 39.7. The third-order valence-electron chi connectivity index (χ3n) is 15.4. The molecule has 0 atom stereocenters. The average molecular weight is 1030 g/mol. The Morgan fingerprint density at radius 3 is 1.22 bits per heavy atom. The molecule has 0 saturated heterocycles. The first-order valence-corrected chi connectivity index (χ1v) is 26.1. The van der Waals surface area contributed by atoms with Gasteiger partial charge < -0.3 is 9.13 Å². The van der Waals surface area contributed by atoms with Crippen LogP contribution >= 0.6 is 0 Å². The summed E-state index contributed by atoms with van der Waals surface area (Å²) >= 11 is 0. The molecule has 0 N–H and O–H groups in total. The Kier molecular flexibility index (Phi) is 11.9. The smallest absolute Gasteiger partial charge is 0.195 e. The fourth-order valence-corrected chi connectivity index (χ4v) is 11.5. The van der Waals surface area contributed by atoms with Crippen molar-refractivity contribution in [3.8, 4) is 102 Å². The summed E-state index contributed by atoms with van der Waals surface area (Å²) in [5.74, 6) is 0. The van der Waals surface area contributed by atoms with Gasteiger partial charge in [0.2, 0.25) is 0 Å². The summed E-state index contributed by atoms with van der Waals surface area (Å²) in [4.78, 5) is 7.95. The molecule has 0 spiro atoms. The first kappa shape index (κ1) is 48.6. The second-order valence-corrected chi connectivity index (χ2v) is 20.0. The van der Waals surface area contributed by atoms with Gasteiger partial charge in [-0.3, -0.25) is 0 Å². The number of hydrogen-bond acceptors (Lipinski definition) is 4. The number of rotatable bonds is 8. The van der Waals surface area contributed by atoms with Gasteiger partial charge in [-0.25, -0.2) is 9.69 Å². The molecule has 0 unspecified atom stereocenters. The second-order valence-electron chi connectivity index (χ2n) is 20.0. The molecular weight excluding hydrogens is 989 g/mol. The van der Waals surface area contributed by atoms with Crippen LogP contribution in [0, 0.1) is 65.4 Å². The maximum absolute atomic E-state index is 9.89. The molecule has 13 rings (SSSR count). The molecule has 0 amide bonds. The Morgan fingerprint density at radius 1 is 0.333 bits per heavy atom. The number of nitrogens with zero attached hydrogens (tertiary/aromatic N) is 8. The zero-order valence-electron chi connectivity index (χ0n) is 43.4. The Labute approximate surface area is 467 Å². The number of fused-ring (bicyclic) bond motifs is 6. The highest BCUT2D eigenvalue weighted by Crippen LogP contribution is 2.46. The van der Waals surface area contributed by atoms with Crippen molar-refractivity contribution >= 4 is 55.0 Å². The molecular formula is C73H40N8. The van der Waals surface area contributed by atoms with Gasteiger partial charge >= 0.3 is 0 Å². The molecule has 0 fully saturated rings. The van der Waals surface area contributed by atoms with Crippen LogP contribution in [-0.2, 0) is 0 Å². The van der Waals surface area contributed by atoms with Gasteiger partial charge in [-0.2, -0.15) is 21.0 Å². The van der Waals surface area contributed by atoms with E-state index in [-0.39, 0.29) is 0 Å². The molecule has 0 aliphatic carbocycles. The quantitative estimate of drug-likeness (QED) is 0.141. The Balaban J connectivity index is 1.08. The minimum Gasteiger partial charge on any atom is -0.309 e. The van der Waals surface area contributed by atoms with Crippen molar-refractivity contribution < 1.29 is 0 Å². The summed E-state index contributed by atoms with van der Waals surface area (Å²) in [7, 11) is 0. The largest absolute Gasteiger partial charge is 0.309 e. The third-order valence-corrected chi connectivity index (χ3v) is 15.4. The molecule has 0 radical (unpaired) electrons. The maximum atomic E-state index is 9.89. The van der Waals surface area contributed by atoms with Crippen molar-refractivity contribution in [3.63, 3.8) is 0 Å². The van der Waals surface area contributed by atoms with E-state index in [0.717, 1.165) is 122 Å². The minimum atomic E-state index is 0.455. The standard InChI is InChI=1S/C73H40N8/c1-45-30-49(44-77)16-23-61(45)58-21-29-71(81-72-27-19-56(52-13-6-10-48(33-52)43-76)37-66(72)67-38-57(20-28-73(67)81)53-14-7-15-59(34-53)78-2)63(39-58)62-40-60(22-24-68(62)79-3)80-69-25-17-54(50-11-4-8-46(31-50)41-74)35-64(69)65-36-55(18-26-70(65)80)51-12-5-9-47(32-51)42-75/h4-40H,1H3. The molecule has 0 bridgehead atoms. The van der Waals surface area contributed by atoms with Crippen LogP contribution in [0.1, 0.15) is 27.8 Å². The third kappa shape index (κ3) is 8.46. The van der Waals surface area contributed by atoms with Crippen molar-refractivity contribution in [2.75, 3.05) is 0 Å². The number of aryl methyl sites for hydroxylation is 1. The molecule has 0 aliphatic heterocycles. The van der Waals surface area contributed by atoms with Crippen molar-refractivity contribution in [3.05, 3.63) is 275 Å². The van der Waals surface area contributed by atoms with Gasteiger partial charge in [-0.15, -0.1) is 0 Å². The zero-order valence-corrected chi connectivity index (χ0v) is 43.4. The lowest BCUT2D eigenvalue weighted by Gasteiger charge is -2.19. The molecule has 81 heavy (non-hydrogen) atoms. The van der Waals surface area contributed by atoms with E-state index >= 15 is 0 Å². The highest BCUT2D eigenvalue weighted by molar-refractivity contribution is 6.14. The van der Waals surface area contributed by atoms with E-state index in [2.05, 4.69) is 140 Å². The Bertz CT molecular complexity index is 4870. The van der Waals surface area contributed by atoms with Gasteiger partial charge in [0.1, 0.15) is 0 Å². The number of nitriles is 4. The van der Waals surface area contributed by atoms with Crippen LogP contribution < -0.4 is 0 Å². The minimum absolute atomic E-state index is 0.455. The van der Waals surface area contributed by atoms with Crippen LogP contribution in [-0.4, -0.2) is 9.13 Å². The van der Waals surface area contributed by atoms with Gasteiger partial charge in [-0.05, 0) is 207 Å². The first-order valence-electron chi connectivity index (χ1n) is 26.1. The summed E-state index contributed by atoms with van der Waals surface area (Å²) < 4.78 is 4.52. The maximum Gasteiger partial charge on any atom is 0.195 e. The van der Waals surface area contributed by atoms with Gasteiger partial charge in [0.15, 0.2) is 11.4 Å². The predicted octanol–water partition coefficient (Wildman–Crippen LogP) is 18.8. The summed E-state index contributed by atoms with van der Waals surface area (Å²) in [6.45, 7) is 18.6. The predicted molar refractivity (Wildman–Crippen MR) is 324 cm³/mol. The van der Waals surface area contributed by atoms with Gasteiger partial charge in [0.25, 0.3) is 0 Å². The van der Waals surface area contributed by atoms with Crippen molar-refractivity contribution in [1.29, 1.82) is 21.0 Å². The SMILES string of the molecule is [C-]#[N+]c1cccc(-c2ccc3c(c2)c2cc(-c4cccc(C#N)c4)ccc2n3-c2ccc(-c3ccc(C#N)cc3C)cc2-c2cc(-n3c4ccc(-c5cccc(C#N)c5)cc4c4cc(-c5cccc(C#N)c5)ccc43)ccc2[N+]#[C-])c1. The molecule has 0 saturated carbocycles. The normalized spacial score (nSPS) is 11.0. The van der Waals surface area contributed by atoms with Gasteiger partial charge in [0.05, 0.1) is 87.4 Å². The summed E-state index contributed by atoms with van der Waals surface area (Å²) in [6.07, 6.45) is 0. The lowest BCUT2D eigenvalue weighted by Crippen LogP contribution is -2.00. The second kappa shape index (κ2) is 19.8. The molecule has 8 nitrogen and oxygen atoms in total. The molecule has 11 aromatic carbocycles. The molecule has 13 aromatic rings. The summed E-state index contributed by atoms with van der Waals surface area (Å²) in [5, 5.41) is 43.4. The summed E-state index contributed by atoms with van der Waals surface area (Å²) in [5.41, 5.74) is 20.5. The highest BCUT2D eigenvalue weighted by Gasteiger charge is 2.23. The number of benzene rings is 11. The molecule has 372 valence electrons. The fraction of sp³-hybridized carbons (Fsp3) is 0.0137. The van der Waals surface area contributed by atoms with Crippen LogP contribution in [0.4, 0.5) is 11.4 Å². The Hall–Kier alpha value is -12.0. The van der Waals surface area contributed by atoms with Gasteiger partial charge in [-0.1, -0.05) is 97.1 Å². The molecule has 2 heterocycles. The lowest BCUT2D eigenvalue weighted by atomic mass is 9.93. The van der Waals surface area contributed by atoms with Gasteiger partial charge in [0, 0.05) is 27.2 Å². The van der Waals surface area contributed by atoms with Crippen molar-refractivity contribution in [2.24, 2.45) is 0 Å². The Morgan fingerprint density at radius 2 is 0.765 bits per heavy atom. The van der Waals surface area contributed by atoms with Crippen LogP contribution in [0.25, 0.3) is 131 Å².